The normalized spacial score (nSPS) is 14.9. The van der Waals surface area contributed by atoms with Crippen LogP contribution in [0, 0.1) is 5.92 Å². The number of hydrogen-bond acceptors (Lipinski definition) is 5. The van der Waals surface area contributed by atoms with Crippen molar-refractivity contribution < 1.29 is 0 Å². The maximum absolute atomic E-state index is 5.27. The molecule has 5 nitrogen and oxygen atoms in total. The number of anilines is 3. The summed E-state index contributed by atoms with van der Waals surface area (Å²) in [6.07, 6.45) is 7.65. The molecule has 0 amide bonds. The predicted octanol–water partition coefficient (Wildman–Crippen LogP) is 13.4. The van der Waals surface area contributed by atoms with E-state index in [0.29, 0.717) is 23.5 Å². The van der Waals surface area contributed by atoms with Crippen molar-refractivity contribution in [3.8, 4) is 28.5 Å². The Bertz CT molecular complexity index is 3060. The number of benzene rings is 7. The Morgan fingerprint density at radius 1 is 0.571 bits per heavy atom. The van der Waals surface area contributed by atoms with Gasteiger partial charge in [0, 0.05) is 37.4 Å². The molecular formula is C50H35N5S. The Labute approximate surface area is 329 Å². The number of aromatic nitrogens is 4. The summed E-state index contributed by atoms with van der Waals surface area (Å²) >= 11 is 1.83. The van der Waals surface area contributed by atoms with E-state index in [9.17, 15) is 0 Å². The number of para-hydroxylation sites is 2. The fourth-order valence-electron chi connectivity index (χ4n) is 8.27. The van der Waals surface area contributed by atoms with Crippen LogP contribution in [-0.4, -0.2) is 19.5 Å². The highest BCUT2D eigenvalue weighted by Gasteiger charge is 2.26. The summed E-state index contributed by atoms with van der Waals surface area (Å²) in [6, 6.07) is 56.3. The summed E-state index contributed by atoms with van der Waals surface area (Å²) in [5.74, 6) is 2.34. The Morgan fingerprint density at radius 3 is 2.18 bits per heavy atom. The molecule has 0 spiro atoms. The molecule has 11 rings (SSSR count). The minimum Gasteiger partial charge on any atom is -0.308 e. The third kappa shape index (κ3) is 5.44. The number of nitrogens with zero attached hydrogens (tertiary/aromatic N) is 5. The molecule has 0 N–H and O–H groups in total. The number of rotatable bonds is 5. The molecule has 2 aromatic heterocycles. The molecule has 2 aliphatic rings. The molecule has 0 fully saturated rings. The van der Waals surface area contributed by atoms with E-state index in [0.717, 1.165) is 50.8 Å². The second-order valence-electron chi connectivity index (χ2n) is 14.6. The molecule has 0 saturated carbocycles. The van der Waals surface area contributed by atoms with Crippen molar-refractivity contribution in [3.63, 3.8) is 0 Å². The van der Waals surface area contributed by atoms with Gasteiger partial charge in [-0.2, -0.15) is 9.97 Å². The fraction of sp³-hybridized carbons (Fsp3) is 0.0600. The molecule has 0 radical (unpaired) electrons. The molecule has 1 unspecified atom stereocenters. The highest BCUT2D eigenvalue weighted by Crippen LogP contribution is 2.52. The quantitative estimate of drug-likeness (QED) is 0.176. The zero-order chi connectivity index (χ0) is 37.2. The van der Waals surface area contributed by atoms with E-state index < -0.39 is 0 Å². The molecule has 266 valence electrons. The van der Waals surface area contributed by atoms with Crippen molar-refractivity contribution in [1.29, 1.82) is 0 Å². The van der Waals surface area contributed by atoms with Crippen LogP contribution in [0.5, 0.6) is 0 Å². The first kappa shape index (κ1) is 32.7. The van der Waals surface area contributed by atoms with Crippen molar-refractivity contribution in [3.05, 3.63) is 182 Å². The lowest BCUT2D eigenvalue weighted by Gasteiger charge is -2.33. The first-order valence-corrected chi connectivity index (χ1v) is 19.9. The van der Waals surface area contributed by atoms with Crippen LogP contribution in [0.15, 0.2) is 186 Å². The van der Waals surface area contributed by atoms with Gasteiger partial charge < -0.3 is 4.90 Å². The van der Waals surface area contributed by atoms with Crippen LogP contribution in [0.25, 0.3) is 66.6 Å². The molecule has 1 aliphatic carbocycles. The molecule has 7 aromatic carbocycles. The fourth-order valence-corrected chi connectivity index (χ4v) is 9.37. The van der Waals surface area contributed by atoms with E-state index >= 15 is 0 Å². The molecule has 56 heavy (non-hydrogen) atoms. The minimum absolute atomic E-state index is 0.403. The molecule has 6 heteroatoms. The highest BCUT2D eigenvalue weighted by atomic mass is 32.2. The molecular weight excluding hydrogens is 703 g/mol. The van der Waals surface area contributed by atoms with Crippen LogP contribution >= 0.6 is 11.8 Å². The lowest BCUT2D eigenvalue weighted by atomic mass is 9.97. The van der Waals surface area contributed by atoms with Gasteiger partial charge in [0.2, 0.25) is 5.95 Å². The van der Waals surface area contributed by atoms with Gasteiger partial charge in [0.1, 0.15) is 0 Å². The standard InChI is InChI=1S/C50H35N5S/c1-32-13-12-17-37(29-32)49-51-48(34-15-4-2-5-16-34)52-50(53-49)55-43-28-24-33-14-8-9-20-39(33)47(43)40-26-23-35(30-44(40)55)36-25-27-42-46(31-36)56-45-22-11-10-21-41(45)54(42)38-18-6-3-7-19-38/h2-12,14-32H,13H2,1H3. The van der Waals surface area contributed by atoms with Gasteiger partial charge in [-0.15, -0.1) is 0 Å². The maximum Gasteiger partial charge on any atom is 0.238 e. The molecule has 9 aromatic rings. The van der Waals surface area contributed by atoms with Crippen molar-refractivity contribution in [1.82, 2.24) is 19.5 Å². The van der Waals surface area contributed by atoms with Crippen LogP contribution in [0.2, 0.25) is 0 Å². The topological polar surface area (TPSA) is 46.8 Å². The van der Waals surface area contributed by atoms with Crippen LogP contribution in [0.3, 0.4) is 0 Å². The first-order chi connectivity index (χ1) is 27.7. The number of fused-ring (bicyclic) bond motifs is 7. The number of hydrogen-bond donors (Lipinski definition) is 0. The van der Waals surface area contributed by atoms with Gasteiger partial charge in [-0.05, 0) is 82.8 Å². The Morgan fingerprint density at radius 2 is 1.30 bits per heavy atom. The summed E-state index contributed by atoms with van der Waals surface area (Å²) in [6.45, 7) is 2.24. The van der Waals surface area contributed by atoms with E-state index in [4.69, 9.17) is 15.0 Å². The molecule has 3 heterocycles. The molecule has 1 aliphatic heterocycles. The second-order valence-corrected chi connectivity index (χ2v) is 15.6. The zero-order valence-electron chi connectivity index (χ0n) is 30.7. The van der Waals surface area contributed by atoms with E-state index in [2.05, 4.69) is 174 Å². The zero-order valence-corrected chi connectivity index (χ0v) is 31.5. The van der Waals surface area contributed by atoms with Crippen molar-refractivity contribution >= 4 is 67.0 Å². The van der Waals surface area contributed by atoms with Crippen LogP contribution < -0.4 is 4.90 Å². The van der Waals surface area contributed by atoms with Gasteiger partial charge in [0.25, 0.3) is 0 Å². The third-order valence-corrected chi connectivity index (χ3v) is 12.0. The van der Waals surface area contributed by atoms with Gasteiger partial charge in [0.15, 0.2) is 11.6 Å². The lowest BCUT2D eigenvalue weighted by molar-refractivity contribution is 0.738. The number of allylic oxidation sites excluding steroid dienone is 4. The van der Waals surface area contributed by atoms with E-state index in [-0.39, 0.29) is 0 Å². The lowest BCUT2D eigenvalue weighted by Crippen LogP contribution is -2.14. The average Bonchev–Trinajstić information content (AvgIpc) is 3.60. The smallest absolute Gasteiger partial charge is 0.238 e. The minimum atomic E-state index is 0.403. The van der Waals surface area contributed by atoms with Gasteiger partial charge in [-0.1, -0.05) is 146 Å². The summed E-state index contributed by atoms with van der Waals surface area (Å²) in [4.78, 5) is 20.4. The molecule has 0 bridgehead atoms. The van der Waals surface area contributed by atoms with Gasteiger partial charge >= 0.3 is 0 Å². The summed E-state index contributed by atoms with van der Waals surface area (Å²) in [7, 11) is 0. The maximum atomic E-state index is 5.27. The monoisotopic (exact) mass is 737 g/mol. The van der Waals surface area contributed by atoms with Crippen LogP contribution in [0.4, 0.5) is 17.1 Å². The third-order valence-electron chi connectivity index (χ3n) is 10.9. The first-order valence-electron chi connectivity index (χ1n) is 19.1. The Kier molecular flexibility index (Phi) is 7.71. The van der Waals surface area contributed by atoms with Crippen molar-refractivity contribution in [2.75, 3.05) is 4.90 Å². The second kappa shape index (κ2) is 13.2. The molecule has 0 saturated heterocycles. The molecule has 1 atom stereocenters. The van der Waals surface area contributed by atoms with Crippen LogP contribution in [-0.2, 0) is 0 Å². The van der Waals surface area contributed by atoms with Gasteiger partial charge in [0.05, 0.1) is 22.4 Å². The van der Waals surface area contributed by atoms with Gasteiger partial charge in [-0.3, -0.25) is 4.57 Å². The highest BCUT2D eigenvalue weighted by molar-refractivity contribution is 7.99. The van der Waals surface area contributed by atoms with Gasteiger partial charge in [-0.25, -0.2) is 4.98 Å². The van der Waals surface area contributed by atoms with E-state index in [1.807, 2.05) is 30.0 Å². The van der Waals surface area contributed by atoms with E-state index in [1.54, 1.807) is 0 Å². The van der Waals surface area contributed by atoms with Crippen molar-refractivity contribution in [2.45, 2.75) is 23.1 Å². The Hall–Kier alpha value is -6.76. The van der Waals surface area contributed by atoms with Crippen LogP contribution in [0.1, 0.15) is 19.2 Å². The summed E-state index contributed by atoms with van der Waals surface area (Å²) < 4.78 is 2.25. The Balaban J connectivity index is 1.14. The SMILES string of the molecule is CC1C=C(c2nc(-c3ccccc3)nc(-n3c4cc(-c5ccc6c(c5)Sc5ccccc5N6c5ccccc5)ccc4c4c5ccccc5ccc43)n2)C=CC1. The summed E-state index contributed by atoms with van der Waals surface area (Å²) in [5, 5.41) is 4.75. The average molecular weight is 738 g/mol. The van der Waals surface area contributed by atoms with Crippen molar-refractivity contribution in [2.24, 2.45) is 5.92 Å². The summed E-state index contributed by atoms with van der Waals surface area (Å²) in [5.41, 5.74) is 9.89. The van der Waals surface area contributed by atoms with E-state index in [1.165, 1.54) is 37.3 Å². The largest absolute Gasteiger partial charge is 0.308 e. The predicted molar refractivity (Wildman–Crippen MR) is 232 cm³/mol.